The van der Waals surface area contributed by atoms with Crippen molar-refractivity contribution in [3.05, 3.63) is 22.7 Å². The van der Waals surface area contributed by atoms with Crippen LogP contribution in [0.4, 0.5) is 0 Å². The lowest BCUT2D eigenvalue weighted by molar-refractivity contribution is -0.143. The van der Waals surface area contributed by atoms with Crippen LogP contribution in [0.1, 0.15) is 36.5 Å². The van der Waals surface area contributed by atoms with Crippen LogP contribution in [-0.2, 0) is 9.53 Å². The third kappa shape index (κ3) is 4.11. The Morgan fingerprint density at radius 3 is 2.76 bits per heavy atom. The topological polar surface area (TPSA) is 61.8 Å². The van der Waals surface area contributed by atoms with E-state index in [4.69, 9.17) is 25.8 Å². The molecule has 0 atom stereocenters. The van der Waals surface area contributed by atoms with Gasteiger partial charge in [-0.15, -0.1) is 0 Å². The number of carbonyl (C=O) groups is 2. The second-order valence-corrected chi connectivity index (χ2v) is 4.97. The van der Waals surface area contributed by atoms with Crippen molar-refractivity contribution in [3.8, 4) is 11.5 Å². The fraction of sp³-hybridized carbons (Fsp3) is 0.467. The third-order valence-electron chi connectivity index (χ3n) is 2.99. The molecule has 1 aromatic carbocycles. The van der Waals surface area contributed by atoms with Crippen molar-refractivity contribution in [3.63, 3.8) is 0 Å². The molecule has 0 saturated carbocycles. The summed E-state index contributed by atoms with van der Waals surface area (Å²) in [7, 11) is 0. The molecule has 1 heterocycles. The van der Waals surface area contributed by atoms with Gasteiger partial charge in [-0.1, -0.05) is 11.6 Å². The smallest absolute Gasteiger partial charge is 0.306 e. The van der Waals surface area contributed by atoms with E-state index in [2.05, 4.69) is 0 Å². The molecule has 5 nitrogen and oxygen atoms in total. The number of hydrogen-bond acceptors (Lipinski definition) is 5. The van der Waals surface area contributed by atoms with Gasteiger partial charge in [0, 0.05) is 18.4 Å². The molecule has 6 heteroatoms. The summed E-state index contributed by atoms with van der Waals surface area (Å²) < 4.78 is 15.8. The van der Waals surface area contributed by atoms with Crippen LogP contribution in [0.15, 0.2) is 12.1 Å². The quantitative estimate of drug-likeness (QED) is 0.618. The SMILES string of the molecule is CCOC(=O)CCC(=O)c1cc(Cl)c2c(c1)OCCCO2. The average molecular weight is 313 g/mol. The van der Waals surface area contributed by atoms with Gasteiger partial charge in [-0.3, -0.25) is 9.59 Å². The monoisotopic (exact) mass is 312 g/mol. The van der Waals surface area contributed by atoms with E-state index in [0.717, 1.165) is 6.42 Å². The van der Waals surface area contributed by atoms with Crippen molar-refractivity contribution >= 4 is 23.4 Å². The number of ether oxygens (including phenoxy) is 3. The predicted octanol–water partition coefficient (Wildman–Crippen LogP) is 3.03. The lowest BCUT2D eigenvalue weighted by Crippen LogP contribution is -2.08. The zero-order valence-electron chi connectivity index (χ0n) is 11.8. The highest BCUT2D eigenvalue weighted by atomic mass is 35.5. The number of benzene rings is 1. The molecule has 0 spiro atoms. The molecule has 1 aromatic rings. The number of fused-ring (bicyclic) bond motifs is 1. The lowest BCUT2D eigenvalue weighted by atomic mass is 10.1. The second-order valence-electron chi connectivity index (χ2n) is 4.56. The zero-order valence-corrected chi connectivity index (χ0v) is 12.6. The maximum atomic E-state index is 12.1. The molecule has 0 fully saturated rings. The van der Waals surface area contributed by atoms with E-state index in [1.165, 1.54) is 0 Å². The summed E-state index contributed by atoms with van der Waals surface area (Å²) in [5.41, 5.74) is 0.411. The van der Waals surface area contributed by atoms with Crippen molar-refractivity contribution in [1.82, 2.24) is 0 Å². The van der Waals surface area contributed by atoms with Crippen LogP contribution in [0, 0.1) is 0 Å². The van der Waals surface area contributed by atoms with Crippen LogP contribution in [-0.4, -0.2) is 31.6 Å². The Hall–Kier alpha value is -1.75. The Morgan fingerprint density at radius 1 is 1.24 bits per heavy atom. The van der Waals surface area contributed by atoms with Crippen molar-refractivity contribution in [2.24, 2.45) is 0 Å². The highest BCUT2D eigenvalue weighted by Crippen LogP contribution is 2.38. The van der Waals surface area contributed by atoms with Gasteiger partial charge in [0.15, 0.2) is 17.3 Å². The molecule has 0 N–H and O–H groups in total. The van der Waals surface area contributed by atoms with Gasteiger partial charge in [-0.2, -0.15) is 0 Å². The minimum Gasteiger partial charge on any atom is -0.489 e. The van der Waals surface area contributed by atoms with Crippen molar-refractivity contribution in [2.45, 2.75) is 26.2 Å². The first-order valence-electron chi connectivity index (χ1n) is 6.89. The molecule has 1 aliphatic heterocycles. The molecule has 2 rings (SSSR count). The fourth-order valence-electron chi connectivity index (χ4n) is 1.98. The Labute approximate surface area is 128 Å². The number of ketones is 1. The van der Waals surface area contributed by atoms with E-state index in [9.17, 15) is 9.59 Å². The first kappa shape index (κ1) is 15.6. The van der Waals surface area contributed by atoms with Crippen LogP contribution < -0.4 is 9.47 Å². The first-order valence-corrected chi connectivity index (χ1v) is 7.27. The van der Waals surface area contributed by atoms with Gasteiger partial charge < -0.3 is 14.2 Å². The van der Waals surface area contributed by atoms with E-state index in [1.807, 2.05) is 0 Å². The third-order valence-corrected chi connectivity index (χ3v) is 3.27. The number of rotatable bonds is 5. The highest BCUT2D eigenvalue weighted by molar-refractivity contribution is 6.32. The van der Waals surface area contributed by atoms with Crippen LogP contribution in [0.25, 0.3) is 0 Å². The van der Waals surface area contributed by atoms with Gasteiger partial charge in [0.25, 0.3) is 0 Å². The van der Waals surface area contributed by atoms with E-state index in [0.29, 0.717) is 41.9 Å². The van der Waals surface area contributed by atoms with Gasteiger partial charge in [-0.25, -0.2) is 0 Å². The summed E-state index contributed by atoms with van der Waals surface area (Å²) in [6.45, 7) is 3.08. The van der Waals surface area contributed by atoms with E-state index >= 15 is 0 Å². The number of hydrogen-bond donors (Lipinski definition) is 0. The van der Waals surface area contributed by atoms with Gasteiger partial charge in [0.2, 0.25) is 0 Å². The summed E-state index contributed by atoms with van der Waals surface area (Å²) in [5.74, 6) is 0.377. The molecular formula is C15H17ClO5. The Balaban J connectivity index is 2.09. The fourth-order valence-corrected chi connectivity index (χ4v) is 2.25. The minimum absolute atomic E-state index is 0.0543. The van der Waals surface area contributed by atoms with Crippen molar-refractivity contribution in [1.29, 1.82) is 0 Å². The molecule has 0 aliphatic carbocycles. The molecule has 0 unspecified atom stereocenters. The number of halogens is 1. The largest absolute Gasteiger partial charge is 0.489 e. The van der Waals surface area contributed by atoms with Gasteiger partial charge in [0.1, 0.15) is 0 Å². The standard InChI is InChI=1S/C15H17ClO5/c1-2-19-14(18)5-4-12(17)10-8-11(16)15-13(9-10)20-6-3-7-21-15/h8-9H,2-7H2,1H3. The van der Waals surface area contributed by atoms with Crippen LogP contribution in [0.5, 0.6) is 11.5 Å². The van der Waals surface area contributed by atoms with E-state index in [1.54, 1.807) is 19.1 Å². The van der Waals surface area contributed by atoms with Gasteiger partial charge in [-0.05, 0) is 19.1 Å². The number of esters is 1. The summed E-state index contributed by atoms with van der Waals surface area (Å²) >= 11 is 6.13. The molecule has 21 heavy (non-hydrogen) atoms. The second kappa shape index (κ2) is 7.31. The lowest BCUT2D eigenvalue weighted by Gasteiger charge is -2.11. The van der Waals surface area contributed by atoms with Crippen LogP contribution >= 0.6 is 11.6 Å². The van der Waals surface area contributed by atoms with Crippen molar-refractivity contribution in [2.75, 3.05) is 19.8 Å². The summed E-state index contributed by atoms with van der Waals surface area (Å²) in [6, 6.07) is 3.16. The van der Waals surface area contributed by atoms with Crippen LogP contribution in [0.3, 0.4) is 0 Å². The van der Waals surface area contributed by atoms with E-state index in [-0.39, 0.29) is 24.6 Å². The molecule has 0 aromatic heterocycles. The van der Waals surface area contributed by atoms with Gasteiger partial charge >= 0.3 is 5.97 Å². The predicted molar refractivity (Wildman–Crippen MR) is 77.3 cm³/mol. The Morgan fingerprint density at radius 2 is 2.00 bits per heavy atom. The molecular weight excluding hydrogens is 296 g/mol. The summed E-state index contributed by atoms with van der Waals surface area (Å²) in [4.78, 5) is 23.4. The normalized spacial score (nSPS) is 13.4. The molecule has 0 amide bonds. The first-order chi connectivity index (χ1) is 10.1. The van der Waals surface area contributed by atoms with E-state index < -0.39 is 0 Å². The van der Waals surface area contributed by atoms with Crippen molar-refractivity contribution < 1.29 is 23.8 Å². The maximum absolute atomic E-state index is 12.1. The minimum atomic E-state index is -0.383. The average Bonchev–Trinajstić information content (AvgIpc) is 2.70. The molecule has 0 saturated heterocycles. The summed E-state index contributed by atoms with van der Waals surface area (Å²) in [6.07, 6.45) is 0.894. The Bertz CT molecular complexity index is 541. The maximum Gasteiger partial charge on any atom is 0.306 e. The summed E-state index contributed by atoms with van der Waals surface area (Å²) in [5, 5.41) is 0.342. The highest BCUT2D eigenvalue weighted by Gasteiger charge is 2.19. The number of carbonyl (C=O) groups excluding carboxylic acids is 2. The Kier molecular flexibility index (Phi) is 5.44. The number of Topliss-reactive ketones (excluding diaryl/α,β-unsaturated/α-hetero) is 1. The molecule has 0 radical (unpaired) electrons. The van der Waals surface area contributed by atoms with Gasteiger partial charge in [0.05, 0.1) is 31.3 Å². The molecule has 114 valence electrons. The molecule has 1 aliphatic rings. The zero-order chi connectivity index (χ0) is 15.2. The van der Waals surface area contributed by atoms with Crippen LogP contribution in [0.2, 0.25) is 5.02 Å². The molecule has 0 bridgehead atoms.